The van der Waals surface area contributed by atoms with Crippen LogP contribution in [-0.4, -0.2) is 4.57 Å². The van der Waals surface area contributed by atoms with Crippen molar-refractivity contribution in [3.05, 3.63) is 123 Å². The first-order valence-corrected chi connectivity index (χ1v) is 13.9. The lowest BCUT2D eigenvalue weighted by Crippen LogP contribution is -1.96. The van der Waals surface area contributed by atoms with Gasteiger partial charge in [-0.15, -0.1) is 0 Å². The Labute approximate surface area is 232 Å². The van der Waals surface area contributed by atoms with Gasteiger partial charge in [-0.1, -0.05) is 53.6 Å². The van der Waals surface area contributed by atoms with Crippen molar-refractivity contribution < 1.29 is 0 Å². The highest BCUT2D eigenvalue weighted by Crippen LogP contribution is 2.39. The van der Waals surface area contributed by atoms with Crippen molar-refractivity contribution >= 4 is 21.8 Å². The molecule has 6 rings (SSSR count). The molecule has 0 spiro atoms. The van der Waals surface area contributed by atoms with E-state index in [1.807, 2.05) is 0 Å². The van der Waals surface area contributed by atoms with E-state index >= 15 is 0 Å². The standard InChI is InChI=1S/C38H37N/c1-22-15-26(5)37(27(6)16-22)30-10-13-35-33(20-30)34-21-31(38-28(7)17-23(2)18-29(38)8)11-14-36(34)39(35)32-12-9-24(3)25(4)19-32/h9-21H,1-8H3. The van der Waals surface area contributed by atoms with Crippen LogP contribution in [-0.2, 0) is 0 Å². The summed E-state index contributed by atoms with van der Waals surface area (Å²) < 4.78 is 2.44. The van der Waals surface area contributed by atoms with E-state index in [9.17, 15) is 0 Å². The van der Waals surface area contributed by atoms with Crippen LogP contribution >= 0.6 is 0 Å². The molecule has 5 aromatic carbocycles. The number of aromatic nitrogens is 1. The third-order valence-corrected chi connectivity index (χ3v) is 8.45. The lowest BCUT2D eigenvalue weighted by molar-refractivity contribution is 1.16. The highest BCUT2D eigenvalue weighted by molar-refractivity contribution is 6.12. The van der Waals surface area contributed by atoms with Crippen LogP contribution in [0.3, 0.4) is 0 Å². The summed E-state index contributed by atoms with van der Waals surface area (Å²) in [5.41, 5.74) is 19.5. The maximum Gasteiger partial charge on any atom is 0.0541 e. The molecule has 1 aromatic heterocycles. The summed E-state index contributed by atoms with van der Waals surface area (Å²) in [6.45, 7) is 17.7. The van der Waals surface area contributed by atoms with Gasteiger partial charge in [0.05, 0.1) is 11.0 Å². The summed E-state index contributed by atoms with van der Waals surface area (Å²) in [4.78, 5) is 0. The van der Waals surface area contributed by atoms with Crippen molar-refractivity contribution in [1.29, 1.82) is 0 Å². The number of hydrogen-bond acceptors (Lipinski definition) is 0. The van der Waals surface area contributed by atoms with Gasteiger partial charge < -0.3 is 4.57 Å². The average molecular weight is 508 g/mol. The van der Waals surface area contributed by atoms with Crippen LogP contribution in [0.4, 0.5) is 0 Å². The van der Waals surface area contributed by atoms with Crippen LogP contribution in [0.25, 0.3) is 49.7 Å². The first-order valence-electron chi connectivity index (χ1n) is 13.9. The third-order valence-electron chi connectivity index (χ3n) is 8.45. The molecular formula is C38H37N. The zero-order chi connectivity index (χ0) is 27.6. The molecule has 39 heavy (non-hydrogen) atoms. The lowest BCUT2D eigenvalue weighted by atomic mass is 9.91. The van der Waals surface area contributed by atoms with Gasteiger partial charge in [0.15, 0.2) is 0 Å². The summed E-state index contributed by atoms with van der Waals surface area (Å²) in [7, 11) is 0. The molecular weight excluding hydrogens is 470 g/mol. The largest absolute Gasteiger partial charge is 0.309 e. The molecule has 0 saturated heterocycles. The van der Waals surface area contributed by atoms with Gasteiger partial charge in [0, 0.05) is 16.5 Å². The van der Waals surface area contributed by atoms with Crippen LogP contribution in [0.15, 0.2) is 78.9 Å². The Balaban J connectivity index is 1.69. The van der Waals surface area contributed by atoms with Crippen molar-refractivity contribution in [3.63, 3.8) is 0 Å². The molecule has 0 N–H and O–H groups in total. The Morgan fingerprint density at radius 2 is 0.821 bits per heavy atom. The fraction of sp³-hybridized carbons (Fsp3) is 0.211. The molecule has 0 atom stereocenters. The summed E-state index contributed by atoms with van der Waals surface area (Å²) in [5, 5.41) is 2.59. The number of rotatable bonds is 3. The minimum atomic E-state index is 1.21. The molecule has 0 aliphatic carbocycles. The second-order valence-corrected chi connectivity index (χ2v) is 11.6. The van der Waals surface area contributed by atoms with Crippen molar-refractivity contribution in [1.82, 2.24) is 4.57 Å². The minimum Gasteiger partial charge on any atom is -0.309 e. The van der Waals surface area contributed by atoms with Gasteiger partial charge in [-0.2, -0.15) is 0 Å². The van der Waals surface area contributed by atoms with E-state index in [-0.39, 0.29) is 0 Å². The van der Waals surface area contributed by atoms with E-state index in [2.05, 4.69) is 139 Å². The number of nitrogens with zero attached hydrogens (tertiary/aromatic N) is 1. The quantitative estimate of drug-likeness (QED) is 0.224. The molecule has 0 fully saturated rings. The maximum absolute atomic E-state index is 2.44. The molecule has 0 bridgehead atoms. The summed E-state index contributed by atoms with van der Waals surface area (Å²) in [6.07, 6.45) is 0. The van der Waals surface area contributed by atoms with Crippen LogP contribution in [0, 0.1) is 55.4 Å². The lowest BCUT2D eigenvalue weighted by Gasteiger charge is -2.13. The van der Waals surface area contributed by atoms with E-state index in [0.717, 1.165) is 0 Å². The first-order chi connectivity index (χ1) is 18.6. The van der Waals surface area contributed by atoms with E-state index < -0.39 is 0 Å². The molecule has 6 aromatic rings. The molecule has 0 radical (unpaired) electrons. The maximum atomic E-state index is 2.44. The smallest absolute Gasteiger partial charge is 0.0541 e. The molecule has 1 nitrogen and oxygen atoms in total. The third kappa shape index (κ3) is 4.17. The summed E-state index contributed by atoms with van der Waals surface area (Å²) in [6, 6.07) is 30.1. The topological polar surface area (TPSA) is 4.93 Å². The molecule has 1 heteroatoms. The highest BCUT2D eigenvalue weighted by Gasteiger charge is 2.17. The Hall–Kier alpha value is -4.10. The molecule has 1 heterocycles. The number of benzene rings is 5. The van der Waals surface area contributed by atoms with E-state index in [4.69, 9.17) is 0 Å². The van der Waals surface area contributed by atoms with E-state index in [1.165, 1.54) is 94.3 Å². The SMILES string of the molecule is Cc1cc(C)c(-c2ccc3c(c2)c2cc(-c4c(C)cc(C)cc4C)ccc2n3-c2ccc(C)c(C)c2)c(C)c1. The first kappa shape index (κ1) is 25.2. The fourth-order valence-corrected chi connectivity index (χ4v) is 6.75. The van der Waals surface area contributed by atoms with Gasteiger partial charge in [0.25, 0.3) is 0 Å². The van der Waals surface area contributed by atoms with Crippen LogP contribution in [0.5, 0.6) is 0 Å². The normalized spacial score (nSPS) is 11.6. The van der Waals surface area contributed by atoms with Crippen LogP contribution in [0.2, 0.25) is 0 Å². The molecule has 0 aliphatic heterocycles. The van der Waals surface area contributed by atoms with Gasteiger partial charge in [-0.25, -0.2) is 0 Å². The van der Waals surface area contributed by atoms with Gasteiger partial charge in [0.2, 0.25) is 0 Å². The number of aryl methyl sites for hydroxylation is 8. The van der Waals surface area contributed by atoms with Gasteiger partial charge >= 0.3 is 0 Å². The predicted octanol–water partition coefficient (Wildman–Crippen LogP) is 10.6. The molecule has 0 saturated carbocycles. The molecule has 194 valence electrons. The second-order valence-electron chi connectivity index (χ2n) is 11.6. The Bertz CT molecular complexity index is 1770. The fourth-order valence-electron chi connectivity index (χ4n) is 6.75. The highest BCUT2D eigenvalue weighted by atomic mass is 15.0. The zero-order valence-electron chi connectivity index (χ0n) is 24.5. The van der Waals surface area contributed by atoms with E-state index in [1.54, 1.807) is 0 Å². The van der Waals surface area contributed by atoms with Gasteiger partial charge in [-0.05, 0) is 147 Å². The Morgan fingerprint density at radius 1 is 0.385 bits per heavy atom. The van der Waals surface area contributed by atoms with Crippen molar-refractivity contribution in [2.24, 2.45) is 0 Å². The predicted molar refractivity (Wildman–Crippen MR) is 170 cm³/mol. The summed E-state index contributed by atoms with van der Waals surface area (Å²) in [5.74, 6) is 0. The van der Waals surface area contributed by atoms with Gasteiger partial charge in [0.1, 0.15) is 0 Å². The summed E-state index contributed by atoms with van der Waals surface area (Å²) >= 11 is 0. The number of hydrogen-bond donors (Lipinski definition) is 0. The minimum absolute atomic E-state index is 1.21. The van der Waals surface area contributed by atoms with Crippen molar-refractivity contribution in [2.45, 2.75) is 55.4 Å². The van der Waals surface area contributed by atoms with Crippen molar-refractivity contribution in [2.75, 3.05) is 0 Å². The molecule has 0 unspecified atom stereocenters. The van der Waals surface area contributed by atoms with Gasteiger partial charge in [-0.3, -0.25) is 0 Å². The zero-order valence-corrected chi connectivity index (χ0v) is 24.5. The van der Waals surface area contributed by atoms with Crippen LogP contribution < -0.4 is 0 Å². The molecule has 0 aliphatic rings. The van der Waals surface area contributed by atoms with Crippen molar-refractivity contribution in [3.8, 4) is 27.9 Å². The molecule has 0 amide bonds. The van der Waals surface area contributed by atoms with Crippen LogP contribution in [0.1, 0.15) is 44.5 Å². The number of fused-ring (bicyclic) bond motifs is 3. The Kier molecular flexibility index (Phi) is 5.99. The van der Waals surface area contributed by atoms with E-state index in [0.29, 0.717) is 0 Å². The Morgan fingerprint density at radius 3 is 1.23 bits per heavy atom. The second kappa shape index (κ2) is 9.27. The average Bonchev–Trinajstić information content (AvgIpc) is 3.18. The monoisotopic (exact) mass is 507 g/mol.